The van der Waals surface area contributed by atoms with Gasteiger partial charge in [0.15, 0.2) is 12.0 Å². The molecular formula is C9H8O2. The molecule has 11 heavy (non-hydrogen) atoms. The monoisotopic (exact) mass is 148 g/mol. The largest absolute Gasteiger partial charge is 0.455 e. The normalized spacial score (nSPS) is 8.73. The van der Waals surface area contributed by atoms with Gasteiger partial charge in [0.2, 0.25) is 0 Å². The van der Waals surface area contributed by atoms with Gasteiger partial charge in [0, 0.05) is 0 Å². The number of carbonyl (C=O) groups is 1. The smallest absolute Gasteiger partial charge is 0.184 e. The maximum Gasteiger partial charge on any atom is 0.184 e. The van der Waals surface area contributed by atoms with Crippen LogP contribution in [0.1, 0.15) is 0 Å². The fraction of sp³-hybridized carbons (Fsp3) is 0. The molecule has 0 radical (unpaired) electrons. The van der Waals surface area contributed by atoms with Crippen molar-refractivity contribution in [2.24, 2.45) is 0 Å². The first kappa shape index (κ1) is 7.54. The molecular weight excluding hydrogens is 140 g/mol. The van der Waals surface area contributed by atoms with Gasteiger partial charge < -0.3 is 4.74 Å². The number of para-hydroxylation sites is 1. The molecule has 0 amide bonds. The van der Waals surface area contributed by atoms with E-state index in [0.29, 0.717) is 12.0 Å². The van der Waals surface area contributed by atoms with Crippen LogP contribution in [0.4, 0.5) is 0 Å². The molecule has 0 aromatic heterocycles. The van der Waals surface area contributed by atoms with E-state index in [1.807, 2.05) is 18.2 Å². The second kappa shape index (κ2) is 3.56. The lowest BCUT2D eigenvalue weighted by Gasteiger charge is -2.00. The summed E-state index contributed by atoms with van der Waals surface area (Å²) in [5.74, 6) is 0.751. The van der Waals surface area contributed by atoms with Crippen molar-refractivity contribution in [3.63, 3.8) is 0 Å². The standard InChI is InChI=1S/C9H8O2/c1-8(7-10)11-9-5-3-2-4-6-9/h2-7H,1H2. The Kier molecular flexibility index (Phi) is 2.44. The van der Waals surface area contributed by atoms with E-state index in [9.17, 15) is 4.79 Å². The Hall–Kier alpha value is -1.57. The number of ether oxygens (including phenoxy) is 1. The number of hydrogen-bond acceptors (Lipinski definition) is 2. The van der Waals surface area contributed by atoms with E-state index in [0.717, 1.165) is 0 Å². The van der Waals surface area contributed by atoms with Gasteiger partial charge in [0.05, 0.1) is 0 Å². The fourth-order valence-corrected chi connectivity index (χ4v) is 0.664. The van der Waals surface area contributed by atoms with Crippen molar-refractivity contribution in [2.45, 2.75) is 0 Å². The third kappa shape index (κ3) is 2.26. The zero-order valence-corrected chi connectivity index (χ0v) is 5.99. The van der Waals surface area contributed by atoms with E-state index < -0.39 is 0 Å². The van der Waals surface area contributed by atoms with Gasteiger partial charge in [0.1, 0.15) is 5.75 Å². The van der Waals surface area contributed by atoms with Crippen LogP contribution in [0.25, 0.3) is 0 Å². The highest BCUT2D eigenvalue weighted by molar-refractivity contribution is 5.69. The zero-order chi connectivity index (χ0) is 8.10. The van der Waals surface area contributed by atoms with E-state index >= 15 is 0 Å². The van der Waals surface area contributed by atoms with Crippen molar-refractivity contribution >= 4 is 6.29 Å². The minimum absolute atomic E-state index is 0.121. The quantitative estimate of drug-likeness (QED) is 0.371. The molecule has 2 nitrogen and oxygen atoms in total. The Morgan fingerprint density at radius 1 is 1.36 bits per heavy atom. The maximum atomic E-state index is 10.1. The van der Waals surface area contributed by atoms with Gasteiger partial charge >= 0.3 is 0 Å². The molecule has 0 spiro atoms. The number of hydrogen-bond donors (Lipinski definition) is 0. The van der Waals surface area contributed by atoms with Crippen molar-refractivity contribution in [3.8, 4) is 5.75 Å². The summed E-state index contributed by atoms with van der Waals surface area (Å²) < 4.78 is 5.00. The van der Waals surface area contributed by atoms with Crippen molar-refractivity contribution in [1.29, 1.82) is 0 Å². The van der Waals surface area contributed by atoms with Crippen LogP contribution in [0.5, 0.6) is 5.75 Å². The minimum Gasteiger partial charge on any atom is -0.455 e. The van der Waals surface area contributed by atoms with Gasteiger partial charge in [0.25, 0.3) is 0 Å². The molecule has 2 heteroatoms. The maximum absolute atomic E-state index is 10.1. The first-order valence-electron chi connectivity index (χ1n) is 3.20. The van der Waals surface area contributed by atoms with Crippen molar-refractivity contribution < 1.29 is 9.53 Å². The summed E-state index contributed by atoms with van der Waals surface area (Å²) >= 11 is 0. The predicted octanol–water partition coefficient (Wildman–Crippen LogP) is 1.78. The molecule has 0 heterocycles. The summed E-state index contributed by atoms with van der Waals surface area (Å²) in [6.45, 7) is 3.38. The third-order valence-electron chi connectivity index (χ3n) is 1.12. The van der Waals surface area contributed by atoms with Crippen LogP contribution in [-0.4, -0.2) is 6.29 Å². The van der Waals surface area contributed by atoms with Crippen molar-refractivity contribution in [3.05, 3.63) is 42.7 Å². The molecule has 0 atom stereocenters. The van der Waals surface area contributed by atoms with Crippen LogP contribution in [0.2, 0.25) is 0 Å². The summed E-state index contributed by atoms with van der Waals surface area (Å²) in [6.07, 6.45) is 0.576. The second-order valence-electron chi connectivity index (χ2n) is 2.00. The molecule has 56 valence electrons. The Labute approximate surface area is 65.1 Å². The summed E-state index contributed by atoms with van der Waals surface area (Å²) in [6, 6.07) is 9.04. The predicted molar refractivity (Wildman–Crippen MR) is 42.3 cm³/mol. The Balaban J connectivity index is 2.65. The highest BCUT2D eigenvalue weighted by Crippen LogP contribution is 2.10. The number of carbonyl (C=O) groups excluding carboxylic acids is 1. The van der Waals surface area contributed by atoms with Gasteiger partial charge in [-0.25, -0.2) is 0 Å². The van der Waals surface area contributed by atoms with Gasteiger partial charge in [-0.1, -0.05) is 24.8 Å². The van der Waals surface area contributed by atoms with Crippen LogP contribution in [-0.2, 0) is 4.79 Å². The molecule has 0 saturated heterocycles. The van der Waals surface area contributed by atoms with Crippen LogP contribution in [0, 0.1) is 0 Å². The Bertz CT molecular complexity index is 252. The molecule has 0 saturated carbocycles. The first-order valence-corrected chi connectivity index (χ1v) is 3.20. The van der Waals surface area contributed by atoms with Crippen LogP contribution < -0.4 is 4.74 Å². The van der Waals surface area contributed by atoms with E-state index in [1.165, 1.54) is 0 Å². The fourth-order valence-electron chi connectivity index (χ4n) is 0.664. The number of benzene rings is 1. The summed E-state index contributed by atoms with van der Waals surface area (Å²) in [7, 11) is 0. The molecule has 0 fully saturated rings. The van der Waals surface area contributed by atoms with E-state index in [4.69, 9.17) is 4.74 Å². The number of aldehydes is 1. The molecule has 1 rings (SSSR count). The van der Waals surface area contributed by atoms with E-state index in [1.54, 1.807) is 12.1 Å². The summed E-state index contributed by atoms with van der Waals surface area (Å²) in [5.41, 5.74) is 0. The topological polar surface area (TPSA) is 26.3 Å². The molecule has 1 aromatic carbocycles. The van der Waals surface area contributed by atoms with Crippen LogP contribution >= 0.6 is 0 Å². The number of allylic oxidation sites excluding steroid dienone is 1. The SMILES string of the molecule is C=C(C=O)Oc1ccccc1. The lowest BCUT2D eigenvalue weighted by atomic mass is 10.3. The molecule has 0 bridgehead atoms. The summed E-state index contributed by atoms with van der Waals surface area (Å²) in [5, 5.41) is 0. The van der Waals surface area contributed by atoms with Crippen LogP contribution in [0.3, 0.4) is 0 Å². The molecule has 0 aliphatic carbocycles. The summed E-state index contributed by atoms with van der Waals surface area (Å²) in [4.78, 5) is 10.1. The van der Waals surface area contributed by atoms with E-state index in [-0.39, 0.29) is 5.76 Å². The highest BCUT2D eigenvalue weighted by atomic mass is 16.5. The van der Waals surface area contributed by atoms with E-state index in [2.05, 4.69) is 6.58 Å². The molecule has 1 aromatic rings. The lowest BCUT2D eigenvalue weighted by Crippen LogP contribution is -1.93. The average molecular weight is 148 g/mol. The molecule has 0 N–H and O–H groups in total. The number of rotatable bonds is 3. The van der Waals surface area contributed by atoms with Gasteiger partial charge in [-0.3, -0.25) is 4.79 Å². The van der Waals surface area contributed by atoms with Crippen molar-refractivity contribution in [1.82, 2.24) is 0 Å². The van der Waals surface area contributed by atoms with Gasteiger partial charge in [-0.05, 0) is 12.1 Å². The van der Waals surface area contributed by atoms with Gasteiger partial charge in [-0.15, -0.1) is 0 Å². The average Bonchev–Trinajstić information content (AvgIpc) is 2.06. The van der Waals surface area contributed by atoms with Crippen molar-refractivity contribution in [2.75, 3.05) is 0 Å². The Morgan fingerprint density at radius 2 is 2.00 bits per heavy atom. The van der Waals surface area contributed by atoms with Gasteiger partial charge in [-0.2, -0.15) is 0 Å². The Morgan fingerprint density at radius 3 is 2.55 bits per heavy atom. The minimum atomic E-state index is 0.121. The lowest BCUT2D eigenvalue weighted by molar-refractivity contribution is -0.106. The zero-order valence-electron chi connectivity index (χ0n) is 5.99. The first-order chi connectivity index (χ1) is 5.33. The molecule has 0 aliphatic rings. The van der Waals surface area contributed by atoms with Crippen LogP contribution in [0.15, 0.2) is 42.7 Å². The third-order valence-corrected chi connectivity index (χ3v) is 1.12. The highest BCUT2D eigenvalue weighted by Gasteiger charge is 1.92. The molecule has 0 aliphatic heterocycles. The molecule has 0 unspecified atom stereocenters. The second-order valence-corrected chi connectivity index (χ2v) is 2.00.